The Morgan fingerprint density at radius 1 is 1.53 bits per heavy atom. The molecule has 0 unspecified atom stereocenters. The van der Waals surface area contributed by atoms with Gasteiger partial charge in [0.2, 0.25) is 0 Å². The molecular weight excluding hydrogens is 328 g/mol. The van der Waals surface area contributed by atoms with Crippen LogP contribution < -0.4 is 0 Å². The normalized spacial score (nSPS) is 11.4. The topological polar surface area (TPSA) is 55.1 Å². The molecule has 0 aliphatic rings. The molecule has 102 valence electrons. The average molecular weight is 343 g/mol. The maximum Gasteiger partial charge on any atom is 0.313 e. The van der Waals surface area contributed by atoms with E-state index in [1.807, 2.05) is 18.2 Å². The average Bonchev–Trinajstić information content (AvgIpc) is 2.65. The van der Waals surface area contributed by atoms with Gasteiger partial charge in [-0.05, 0) is 32.0 Å². The van der Waals surface area contributed by atoms with E-state index in [1.54, 1.807) is 0 Å². The molecule has 0 aliphatic carbocycles. The van der Waals surface area contributed by atoms with Gasteiger partial charge in [-0.2, -0.15) is 0 Å². The Hall–Kier alpha value is -1.01. The number of hydrogen-bond donors (Lipinski definition) is 1. The molecule has 4 nitrogen and oxygen atoms in total. The molecule has 0 atom stereocenters. The second kappa shape index (κ2) is 5.96. The van der Waals surface area contributed by atoms with Crippen LogP contribution in [0.4, 0.5) is 0 Å². The molecule has 1 N–H and O–H groups in total. The van der Waals surface area contributed by atoms with Crippen molar-refractivity contribution in [1.29, 1.82) is 0 Å². The fraction of sp³-hybridized carbons (Fsp3) is 0.385. The van der Waals surface area contributed by atoms with Gasteiger partial charge in [0.15, 0.2) is 0 Å². The first-order chi connectivity index (χ1) is 8.99. The summed E-state index contributed by atoms with van der Waals surface area (Å²) in [5.74, 6) is 0.844. The summed E-state index contributed by atoms with van der Waals surface area (Å²) in [5, 5.41) is 8.69. The Bertz CT molecular complexity index is 610. The van der Waals surface area contributed by atoms with Crippen LogP contribution in [0.25, 0.3) is 11.0 Å². The van der Waals surface area contributed by atoms with Crippen LogP contribution >= 0.6 is 27.7 Å². The molecule has 0 aliphatic heterocycles. The summed E-state index contributed by atoms with van der Waals surface area (Å²) in [5.41, 5.74) is 2.03. The van der Waals surface area contributed by atoms with Crippen molar-refractivity contribution in [2.75, 3.05) is 5.75 Å². The van der Waals surface area contributed by atoms with Crippen LogP contribution in [-0.2, 0) is 10.5 Å². The highest BCUT2D eigenvalue weighted by molar-refractivity contribution is 9.10. The van der Waals surface area contributed by atoms with Gasteiger partial charge in [-0.1, -0.05) is 15.9 Å². The first-order valence-electron chi connectivity index (χ1n) is 5.95. The molecule has 0 spiro atoms. The number of rotatable bonds is 5. The maximum absolute atomic E-state index is 10.6. The predicted octanol–water partition coefficient (Wildman–Crippen LogP) is 3.70. The van der Waals surface area contributed by atoms with Crippen LogP contribution in [0.1, 0.15) is 25.7 Å². The zero-order valence-electron chi connectivity index (χ0n) is 10.8. The van der Waals surface area contributed by atoms with Gasteiger partial charge in [-0.3, -0.25) is 4.79 Å². The van der Waals surface area contributed by atoms with E-state index in [-0.39, 0.29) is 5.75 Å². The van der Waals surface area contributed by atoms with Crippen molar-refractivity contribution in [2.45, 2.75) is 25.6 Å². The number of thioether (sulfide) groups is 1. The lowest BCUT2D eigenvalue weighted by molar-refractivity contribution is -0.133. The molecule has 0 amide bonds. The van der Waals surface area contributed by atoms with Gasteiger partial charge < -0.3 is 9.67 Å². The van der Waals surface area contributed by atoms with Gasteiger partial charge in [0, 0.05) is 10.5 Å². The third kappa shape index (κ3) is 3.30. The van der Waals surface area contributed by atoms with Gasteiger partial charge >= 0.3 is 5.97 Å². The van der Waals surface area contributed by atoms with E-state index in [9.17, 15) is 4.79 Å². The largest absolute Gasteiger partial charge is 0.481 e. The monoisotopic (exact) mass is 342 g/mol. The lowest BCUT2D eigenvalue weighted by Gasteiger charge is -2.12. The third-order valence-corrected chi connectivity index (χ3v) is 4.10. The van der Waals surface area contributed by atoms with Crippen LogP contribution in [0.15, 0.2) is 22.7 Å². The standard InChI is InChI=1S/C13H15BrN2O2S/c1-8(2)16-11-4-3-9(14)5-10(11)15-12(16)6-19-7-13(17)18/h3-5,8H,6-7H2,1-2H3,(H,17,18). The van der Waals surface area contributed by atoms with Crippen molar-refractivity contribution >= 4 is 44.7 Å². The van der Waals surface area contributed by atoms with Gasteiger partial charge in [-0.25, -0.2) is 4.98 Å². The van der Waals surface area contributed by atoms with E-state index in [0.717, 1.165) is 21.3 Å². The summed E-state index contributed by atoms with van der Waals surface area (Å²) < 4.78 is 3.16. The summed E-state index contributed by atoms with van der Waals surface area (Å²) in [6.07, 6.45) is 0. The maximum atomic E-state index is 10.6. The highest BCUT2D eigenvalue weighted by atomic mass is 79.9. The van der Waals surface area contributed by atoms with Crippen molar-refractivity contribution in [3.8, 4) is 0 Å². The number of carbonyl (C=O) groups is 1. The number of halogens is 1. The molecule has 0 saturated heterocycles. The first kappa shape index (κ1) is 14.4. The van der Waals surface area contributed by atoms with Crippen molar-refractivity contribution < 1.29 is 9.90 Å². The lowest BCUT2D eigenvalue weighted by Crippen LogP contribution is -2.06. The van der Waals surface area contributed by atoms with Gasteiger partial charge in [0.25, 0.3) is 0 Å². The van der Waals surface area contributed by atoms with Crippen LogP contribution in [0, 0.1) is 0 Å². The molecule has 0 saturated carbocycles. The van der Waals surface area contributed by atoms with Crippen LogP contribution in [0.5, 0.6) is 0 Å². The number of imidazole rings is 1. The fourth-order valence-corrected chi connectivity index (χ4v) is 3.04. The molecule has 1 aromatic carbocycles. The Balaban J connectivity index is 2.36. The predicted molar refractivity (Wildman–Crippen MR) is 81.6 cm³/mol. The number of carboxylic acids is 1. The second-order valence-corrected chi connectivity index (χ2v) is 6.41. The van der Waals surface area contributed by atoms with Crippen molar-refractivity contribution in [3.63, 3.8) is 0 Å². The van der Waals surface area contributed by atoms with Crippen molar-refractivity contribution in [1.82, 2.24) is 9.55 Å². The Kier molecular flexibility index (Phi) is 4.52. The van der Waals surface area contributed by atoms with Crippen LogP contribution in [0.3, 0.4) is 0 Å². The van der Waals surface area contributed by atoms with E-state index in [4.69, 9.17) is 5.11 Å². The smallest absolute Gasteiger partial charge is 0.313 e. The van der Waals surface area contributed by atoms with E-state index in [0.29, 0.717) is 11.8 Å². The van der Waals surface area contributed by atoms with E-state index >= 15 is 0 Å². The number of aliphatic carboxylic acids is 1. The summed E-state index contributed by atoms with van der Waals surface area (Å²) in [7, 11) is 0. The summed E-state index contributed by atoms with van der Waals surface area (Å²) in [4.78, 5) is 15.2. The quantitative estimate of drug-likeness (QED) is 0.899. The molecular formula is C13H15BrN2O2S. The number of aromatic nitrogens is 2. The molecule has 1 aromatic heterocycles. The molecule has 2 aromatic rings. The minimum absolute atomic E-state index is 0.102. The number of carboxylic acid groups (broad SMARTS) is 1. The number of hydrogen-bond acceptors (Lipinski definition) is 3. The zero-order valence-corrected chi connectivity index (χ0v) is 13.2. The Morgan fingerprint density at radius 2 is 2.26 bits per heavy atom. The summed E-state index contributed by atoms with van der Waals surface area (Å²) in [6, 6.07) is 6.32. The number of benzene rings is 1. The number of fused-ring (bicyclic) bond motifs is 1. The molecule has 19 heavy (non-hydrogen) atoms. The lowest BCUT2D eigenvalue weighted by atomic mass is 10.3. The van der Waals surface area contributed by atoms with E-state index < -0.39 is 5.97 Å². The van der Waals surface area contributed by atoms with Crippen LogP contribution in [-0.4, -0.2) is 26.4 Å². The molecule has 1 heterocycles. The number of nitrogens with zero attached hydrogens (tertiary/aromatic N) is 2. The van der Waals surface area contributed by atoms with Crippen molar-refractivity contribution in [3.05, 3.63) is 28.5 Å². The minimum atomic E-state index is -0.792. The fourth-order valence-electron chi connectivity index (χ4n) is 2.03. The Morgan fingerprint density at radius 3 is 2.89 bits per heavy atom. The SMILES string of the molecule is CC(C)n1c(CSCC(=O)O)nc2cc(Br)ccc21. The third-order valence-electron chi connectivity index (χ3n) is 2.70. The highest BCUT2D eigenvalue weighted by Gasteiger charge is 2.13. The van der Waals surface area contributed by atoms with Crippen molar-refractivity contribution in [2.24, 2.45) is 0 Å². The molecule has 0 bridgehead atoms. The highest BCUT2D eigenvalue weighted by Crippen LogP contribution is 2.26. The summed E-state index contributed by atoms with van der Waals surface area (Å²) >= 11 is 4.81. The van der Waals surface area contributed by atoms with Crippen LogP contribution in [0.2, 0.25) is 0 Å². The van der Waals surface area contributed by atoms with Gasteiger partial charge in [-0.15, -0.1) is 11.8 Å². The van der Waals surface area contributed by atoms with E-state index in [1.165, 1.54) is 11.8 Å². The Labute approximate surface area is 124 Å². The molecule has 6 heteroatoms. The molecule has 0 radical (unpaired) electrons. The summed E-state index contributed by atoms with van der Waals surface area (Å²) in [6.45, 7) is 4.21. The zero-order chi connectivity index (χ0) is 14.0. The second-order valence-electron chi connectivity index (χ2n) is 4.51. The molecule has 0 fully saturated rings. The van der Waals surface area contributed by atoms with E-state index in [2.05, 4.69) is 39.3 Å². The minimum Gasteiger partial charge on any atom is -0.481 e. The van der Waals surface area contributed by atoms with Gasteiger partial charge in [0.1, 0.15) is 5.82 Å². The first-order valence-corrected chi connectivity index (χ1v) is 7.89. The van der Waals surface area contributed by atoms with Gasteiger partial charge in [0.05, 0.1) is 22.5 Å². The molecule has 2 rings (SSSR count).